The predicted molar refractivity (Wildman–Crippen MR) is 65.4 cm³/mol. The van der Waals surface area contributed by atoms with Crippen LogP contribution in [0.2, 0.25) is 0 Å². The topological polar surface area (TPSA) is 40.9 Å². The molecule has 2 nitrogen and oxygen atoms in total. The normalized spacial score (nSPS) is 11.8. The summed E-state index contributed by atoms with van der Waals surface area (Å²) in [5, 5.41) is 9.03. The number of rotatable bonds is 3. The Morgan fingerprint density at radius 3 is 2.38 bits per heavy atom. The molecule has 0 saturated heterocycles. The molecule has 6 heteroatoms. The van der Waals surface area contributed by atoms with E-state index in [4.69, 9.17) is 5.26 Å². The monoisotopic (exact) mass is 293 g/mol. The van der Waals surface area contributed by atoms with Crippen molar-refractivity contribution in [1.82, 2.24) is 0 Å². The molecule has 0 fully saturated rings. The molecule has 2 aromatic carbocycles. The Kier molecular flexibility index (Phi) is 4.03. The van der Waals surface area contributed by atoms with Gasteiger partial charge in [0.05, 0.1) is 11.6 Å². The van der Waals surface area contributed by atoms with Gasteiger partial charge in [-0.15, -0.1) is 0 Å². The minimum atomic E-state index is -1.79. The molecule has 0 aliphatic heterocycles. The Morgan fingerprint density at radius 2 is 1.76 bits per heavy atom. The largest absolute Gasteiger partial charge is 0.292 e. The summed E-state index contributed by atoms with van der Waals surface area (Å²) in [4.78, 5) is 12.1. The molecular formula is C15H7F4NO. The minimum absolute atomic E-state index is 0.00614. The van der Waals surface area contributed by atoms with Gasteiger partial charge in [-0.3, -0.25) is 4.79 Å². The summed E-state index contributed by atoms with van der Waals surface area (Å²) in [6, 6.07) is 7.60. The Morgan fingerprint density at radius 1 is 1.05 bits per heavy atom. The van der Waals surface area contributed by atoms with Gasteiger partial charge in [0.15, 0.2) is 23.2 Å². The minimum Gasteiger partial charge on any atom is -0.292 e. The zero-order chi connectivity index (χ0) is 15.6. The standard InChI is InChI=1S/C15H7F4NO/c16-9-3-1-2-8(6-9)11(7-20)15(21)10-4-5-12(17)14(19)13(10)18/h1-6,11H. The molecule has 0 bridgehead atoms. The lowest BCUT2D eigenvalue weighted by Gasteiger charge is -2.10. The van der Waals surface area contributed by atoms with Crippen LogP contribution in [-0.4, -0.2) is 5.78 Å². The number of nitrogens with zero attached hydrogens (tertiary/aromatic N) is 1. The van der Waals surface area contributed by atoms with Crippen LogP contribution in [0.5, 0.6) is 0 Å². The molecule has 21 heavy (non-hydrogen) atoms. The van der Waals surface area contributed by atoms with Gasteiger partial charge in [-0.2, -0.15) is 5.26 Å². The second kappa shape index (κ2) is 5.75. The number of carbonyl (C=O) groups is 1. The average molecular weight is 293 g/mol. The van der Waals surface area contributed by atoms with Gasteiger partial charge in [0.2, 0.25) is 0 Å². The van der Waals surface area contributed by atoms with E-state index in [1.807, 2.05) is 0 Å². The van der Waals surface area contributed by atoms with E-state index < -0.39 is 40.5 Å². The van der Waals surface area contributed by atoms with Gasteiger partial charge in [-0.1, -0.05) is 12.1 Å². The van der Waals surface area contributed by atoms with Crippen LogP contribution in [0.25, 0.3) is 0 Å². The first-order valence-electron chi connectivity index (χ1n) is 5.78. The molecule has 1 atom stereocenters. The van der Waals surface area contributed by atoms with E-state index >= 15 is 0 Å². The summed E-state index contributed by atoms with van der Waals surface area (Å²) in [6.07, 6.45) is 0. The lowest BCUT2D eigenvalue weighted by molar-refractivity contribution is 0.0973. The lowest BCUT2D eigenvalue weighted by atomic mass is 9.91. The molecule has 1 unspecified atom stereocenters. The molecule has 0 heterocycles. The van der Waals surface area contributed by atoms with Crippen LogP contribution in [0.15, 0.2) is 36.4 Å². The van der Waals surface area contributed by atoms with Crippen molar-refractivity contribution in [3.8, 4) is 6.07 Å². The maximum absolute atomic E-state index is 13.6. The fourth-order valence-corrected chi connectivity index (χ4v) is 1.84. The second-order valence-electron chi connectivity index (χ2n) is 4.20. The number of carbonyl (C=O) groups excluding carboxylic acids is 1. The van der Waals surface area contributed by atoms with Gasteiger partial charge in [0.1, 0.15) is 11.7 Å². The van der Waals surface area contributed by atoms with E-state index in [0.717, 1.165) is 18.2 Å². The van der Waals surface area contributed by atoms with Crippen molar-refractivity contribution in [3.05, 3.63) is 70.8 Å². The smallest absolute Gasteiger partial charge is 0.195 e. The van der Waals surface area contributed by atoms with E-state index in [1.165, 1.54) is 12.1 Å². The van der Waals surface area contributed by atoms with Gasteiger partial charge < -0.3 is 0 Å². The number of halogens is 4. The number of Topliss-reactive ketones (excluding diaryl/α,β-unsaturated/α-hetero) is 1. The van der Waals surface area contributed by atoms with Gasteiger partial charge in [-0.25, -0.2) is 17.6 Å². The summed E-state index contributed by atoms with van der Waals surface area (Å²) in [6.45, 7) is 0. The van der Waals surface area contributed by atoms with Crippen molar-refractivity contribution in [2.75, 3.05) is 0 Å². The lowest BCUT2D eigenvalue weighted by Crippen LogP contribution is -2.14. The highest BCUT2D eigenvalue weighted by Crippen LogP contribution is 2.24. The number of ketones is 1. The number of hydrogen-bond acceptors (Lipinski definition) is 2. The highest BCUT2D eigenvalue weighted by molar-refractivity contribution is 6.03. The summed E-state index contributed by atoms with van der Waals surface area (Å²) in [5.74, 6) is -8.16. The van der Waals surface area contributed by atoms with Crippen molar-refractivity contribution >= 4 is 5.78 Å². The molecule has 2 rings (SSSR count). The summed E-state index contributed by atoms with van der Waals surface area (Å²) >= 11 is 0. The average Bonchev–Trinajstić information content (AvgIpc) is 2.45. The molecule has 0 aliphatic carbocycles. The fourth-order valence-electron chi connectivity index (χ4n) is 1.84. The quantitative estimate of drug-likeness (QED) is 0.491. The van der Waals surface area contributed by atoms with E-state index in [-0.39, 0.29) is 5.56 Å². The highest BCUT2D eigenvalue weighted by atomic mass is 19.2. The summed E-state index contributed by atoms with van der Waals surface area (Å²) < 4.78 is 52.7. The molecule has 0 spiro atoms. The van der Waals surface area contributed by atoms with Crippen molar-refractivity contribution in [1.29, 1.82) is 5.26 Å². The first kappa shape index (κ1) is 14.7. The fraction of sp³-hybridized carbons (Fsp3) is 0.0667. The van der Waals surface area contributed by atoms with Crippen molar-refractivity contribution < 1.29 is 22.4 Å². The van der Waals surface area contributed by atoms with Gasteiger partial charge in [0.25, 0.3) is 0 Å². The third-order valence-corrected chi connectivity index (χ3v) is 2.87. The SMILES string of the molecule is N#CC(C(=O)c1ccc(F)c(F)c1F)c1cccc(F)c1. The zero-order valence-corrected chi connectivity index (χ0v) is 10.4. The molecule has 0 amide bonds. The highest BCUT2D eigenvalue weighted by Gasteiger charge is 2.27. The van der Waals surface area contributed by atoms with Crippen LogP contribution in [0.1, 0.15) is 21.8 Å². The number of benzene rings is 2. The molecule has 106 valence electrons. The molecule has 0 aliphatic rings. The van der Waals surface area contributed by atoms with Crippen LogP contribution in [0.4, 0.5) is 17.6 Å². The first-order valence-corrected chi connectivity index (χ1v) is 5.78. The third-order valence-electron chi connectivity index (χ3n) is 2.87. The second-order valence-corrected chi connectivity index (χ2v) is 4.20. The Bertz CT molecular complexity index is 752. The van der Waals surface area contributed by atoms with Gasteiger partial charge in [-0.05, 0) is 29.8 Å². The Labute approximate surface area is 117 Å². The van der Waals surface area contributed by atoms with Crippen LogP contribution >= 0.6 is 0 Å². The third kappa shape index (κ3) is 2.77. The van der Waals surface area contributed by atoms with E-state index in [9.17, 15) is 22.4 Å². The van der Waals surface area contributed by atoms with E-state index in [0.29, 0.717) is 6.07 Å². The summed E-state index contributed by atoms with van der Waals surface area (Å²) in [7, 11) is 0. The molecule has 2 aromatic rings. The van der Waals surface area contributed by atoms with Crippen molar-refractivity contribution in [2.24, 2.45) is 0 Å². The molecular weight excluding hydrogens is 286 g/mol. The zero-order valence-electron chi connectivity index (χ0n) is 10.4. The summed E-state index contributed by atoms with van der Waals surface area (Å²) in [5.41, 5.74) is -0.753. The van der Waals surface area contributed by atoms with Crippen LogP contribution in [-0.2, 0) is 0 Å². The Balaban J connectivity index is 2.47. The molecule has 0 radical (unpaired) electrons. The molecule has 0 N–H and O–H groups in total. The van der Waals surface area contributed by atoms with Crippen LogP contribution < -0.4 is 0 Å². The van der Waals surface area contributed by atoms with Gasteiger partial charge >= 0.3 is 0 Å². The predicted octanol–water partition coefficient (Wildman–Crippen LogP) is 3.73. The number of nitriles is 1. The maximum Gasteiger partial charge on any atom is 0.195 e. The van der Waals surface area contributed by atoms with Gasteiger partial charge in [0, 0.05) is 0 Å². The Hall–Kier alpha value is -2.68. The van der Waals surface area contributed by atoms with E-state index in [1.54, 1.807) is 6.07 Å². The first-order chi connectivity index (χ1) is 9.95. The van der Waals surface area contributed by atoms with Crippen LogP contribution in [0, 0.1) is 34.6 Å². The molecule has 0 aromatic heterocycles. The maximum atomic E-state index is 13.6. The van der Waals surface area contributed by atoms with Crippen LogP contribution in [0.3, 0.4) is 0 Å². The van der Waals surface area contributed by atoms with E-state index in [2.05, 4.69) is 0 Å². The van der Waals surface area contributed by atoms with Crippen molar-refractivity contribution in [2.45, 2.75) is 5.92 Å². The number of hydrogen-bond donors (Lipinski definition) is 0. The molecule has 0 saturated carbocycles. The van der Waals surface area contributed by atoms with Crippen molar-refractivity contribution in [3.63, 3.8) is 0 Å².